The Morgan fingerprint density at radius 2 is 1.63 bits per heavy atom. The second-order valence-electron chi connectivity index (χ2n) is 7.88. The van der Waals surface area contributed by atoms with Crippen LogP contribution in [0.4, 0.5) is 16.2 Å². The molecule has 196 valence electrons. The molecule has 1 aromatic heterocycles. The van der Waals surface area contributed by atoms with Crippen LogP contribution < -0.4 is 24.8 Å². The topological polar surface area (TPSA) is 113 Å². The van der Waals surface area contributed by atoms with Crippen molar-refractivity contribution in [2.45, 2.75) is 6.61 Å². The van der Waals surface area contributed by atoms with Crippen LogP contribution in [0.15, 0.2) is 73.1 Å². The Morgan fingerprint density at radius 1 is 0.895 bits per heavy atom. The zero-order chi connectivity index (χ0) is 27.1. The smallest absolute Gasteiger partial charge is 0.412 e. The summed E-state index contributed by atoms with van der Waals surface area (Å²) in [5.41, 5.74) is 2.58. The molecule has 0 spiro atoms. The van der Waals surface area contributed by atoms with Crippen LogP contribution in [0, 0.1) is 0 Å². The van der Waals surface area contributed by atoms with E-state index in [1.807, 2.05) is 6.07 Å². The fourth-order valence-electron chi connectivity index (χ4n) is 3.59. The highest BCUT2D eigenvalue weighted by Gasteiger charge is 2.16. The van der Waals surface area contributed by atoms with Crippen LogP contribution in [0.1, 0.15) is 15.9 Å². The van der Waals surface area contributed by atoms with E-state index in [1.54, 1.807) is 60.8 Å². The fourth-order valence-corrected chi connectivity index (χ4v) is 3.78. The fraction of sp³-hybridized carbons (Fsp3) is 0.148. The van der Waals surface area contributed by atoms with Gasteiger partial charge in [-0.3, -0.25) is 10.1 Å². The molecule has 2 amide bonds. The van der Waals surface area contributed by atoms with Gasteiger partial charge in [0.1, 0.15) is 6.61 Å². The van der Waals surface area contributed by atoms with Gasteiger partial charge in [0.05, 0.1) is 45.1 Å². The minimum Gasteiger partial charge on any atom is -0.493 e. The summed E-state index contributed by atoms with van der Waals surface area (Å²) < 4.78 is 22.8. The molecule has 0 radical (unpaired) electrons. The van der Waals surface area contributed by atoms with Crippen molar-refractivity contribution in [1.29, 1.82) is 0 Å². The third kappa shape index (κ3) is 6.16. The highest BCUT2D eigenvalue weighted by Crippen LogP contribution is 2.40. The molecule has 4 aromatic rings. The van der Waals surface area contributed by atoms with Gasteiger partial charge in [-0.25, -0.2) is 9.48 Å². The van der Waals surface area contributed by atoms with Gasteiger partial charge in [0, 0.05) is 34.0 Å². The molecule has 0 aliphatic heterocycles. The van der Waals surface area contributed by atoms with Crippen molar-refractivity contribution in [3.05, 3.63) is 89.2 Å². The van der Waals surface area contributed by atoms with Gasteiger partial charge in [0.25, 0.3) is 5.91 Å². The van der Waals surface area contributed by atoms with Crippen molar-refractivity contribution in [2.24, 2.45) is 0 Å². The molecule has 0 saturated carbocycles. The molecular weight excluding hydrogens is 512 g/mol. The number of methoxy groups -OCH3 is 3. The predicted molar refractivity (Wildman–Crippen MR) is 143 cm³/mol. The number of rotatable bonds is 9. The van der Waals surface area contributed by atoms with Crippen LogP contribution in [0.5, 0.6) is 17.2 Å². The van der Waals surface area contributed by atoms with E-state index in [4.69, 9.17) is 30.5 Å². The zero-order valence-corrected chi connectivity index (χ0v) is 21.6. The molecule has 0 saturated heterocycles. The summed E-state index contributed by atoms with van der Waals surface area (Å²) in [7, 11) is 4.50. The van der Waals surface area contributed by atoms with E-state index in [1.165, 1.54) is 32.2 Å². The summed E-state index contributed by atoms with van der Waals surface area (Å²) >= 11 is 6.09. The second-order valence-corrected chi connectivity index (χ2v) is 8.29. The molecule has 1 heterocycles. The maximum Gasteiger partial charge on any atom is 0.412 e. The lowest BCUT2D eigenvalue weighted by Crippen LogP contribution is -2.13. The van der Waals surface area contributed by atoms with Gasteiger partial charge >= 0.3 is 6.09 Å². The van der Waals surface area contributed by atoms with E-state index in [9.17, 15) is 9.59 Å². The number of nitrogens with one attached hydrogen (secondary N) is 2. The molecule has 4 rings (SSSR count). The number of aromatic nitrogens is 2. The number of amides is 2. The van der Waals surface area contributed by atoms with E-state index in [0.29, 0.717) is 50.5 Å². The first-order chi connectivity index (χ1) is 18.4. The summed E-state index contributed by atoms with van der Waals surface area (Å²) in [6.45, 7) is 0.0305. The van der Waals surface area contributed by atoms with Gasteiger partial charge in [-0.15, -0.1) is 0 Å². The van der Waals surface area contributed by atoms with Crippen LogP contribution >= 0.6 is 11.6 Å². The number of halogens is 1. The van der Waals surface area contributed by atoms with Crippen LogP contribution in [0.25, 0.3) is 5.69 Å². The summed E-state index contributed by atoms with van der Waals surface area (Å²) in [6, 6.07) is 17.2. The molecule has 0 unspecified atom stereocenters. The van der Waals surface area contributed by atoms with Crippen molar-refractivity contribution >= 4 is 35.0 Å². The Morgan fingerprint density at radius 3 is 2.32 bits per heavy atom. The second kappa shape index (κ2) is 12.0. The molecule has 38 heavy (non-hydrogen) atoms. The third-order valence-corrected chi connectivity index (χ3v) is 5.81. The van der Waals surface area contributed by atoms with Crippen LogP contribution in [0.2, 0.25) is 5.02 Å². The van der Waals surface area contributed by atoms with Gasteiger partial charge in [-0.2, -0.15) is 5.10 Å². The lowest BCUT2D eigenvalue weighted by molar-refractivity contribution is 0.102. The molecule has 3 aromatic carbocycles. The summed E-state index contributed by atoms with van der Waals surface area (Å²) in [6.07, 6.45) is 2.43. The van der Waals surface area contributed by atoms with Gasteiger partial charge in [0.15, 0.2) is 11.5 Å². The van der Waals surface area contributed by atoms with Crippen LogP contribution in [0.3, 0.4) is 0 Å². The number of carbonyl (C=O) groups excluding carboxylic acids is 2. The molecule has 0 fully saturated rings. The SMILES string of the molecule is COc1cc(NC(=O)c2cccc(-n3cc(NC(=O)OCc4ccccc4Cl)cn3)c2)cc(OC)c1OC. The molecule has 0 atom stereocenters. The first-order valence-corrected chi connectivity index (χ1v) is 11.7. The van der Waals surface area contributed by atoms with Crippen LogP contribution in [-0.2, 0) is 11.3 Å². The Balaban J connectivity index is 1.43. The molecule has 10 nitrogen and oxygen atoms in total. The monoisotopic (exact) mass is 536 g/mol. The quantitative estimate of drug-likeness (QED) is 0.288. The minimum absolute atomic E-state index is 0.0305. The maximum atomic E-state index is 13.0. The van der Waals surface area contributed by atoms with Crippen molar-refractivity contribution < 1.29 is 28.5 Å². The summed E-state index contributed by atoms with van der Waals surface area (Å²) in [5.74, 6) is 0.899. The van der Waals surface area contributed by atoms with Gasteiger partial charge in [-0.05, 0) is 24.3 Å². The normalized spacial score (nSPS) is 10.4. The van der Waals surface area contributed by atoms with Crippen molar-refractivity contribution in [2.75, 3.05) is 32.0 Å². The van der Waals surface area contributed by atoms with Crippen LogP contribution in [-0.4, -0.2) is 43.1 Å². The highest BCUT2D eigenvalue weighted by molar-refractivity contribution is 6.31. The average molecular weight is 537 g/mol. The molecule has 0 aliphatic rings. The Labute approximate surface area is 224 Å². The van der Waals surface area contributed by atoms with Crippen molar-refractivity contribution in [3.8, 4) is 22.9 Å². The van der Waals surface area contributed by atoms with E-state index in [0.717, 1.165) is 0 Å². The Hall–Kier alpha value is -4.70. The number of ether oxygens (including phenoxy) is 4. The van der Waals surface area contributed by atoms with Crippen molar-refractivity contribution in [3.63, 3.8) is 0 Å². The van der Waals surface area contributed by atoms with E-state index < -0.39 is 6.09 Å². The molecule has 11 heteroatoms. The third-order valence-electron chi connectivity index (χ3n) is 5.44. The Kier molecular flexibility index (Phi) is 8.34. The number of hydrogen-bond acceptors (Lipinski definition) is 7. The standard InChI is InChI=1S/C27H25ClN4O6/c1-35-23-12-19(13-24(36-2)25(23)37-3)30-26(33)17-8-6-9-21(11-17)32-15-20(14-29-32)31-27(34)38-16-18-7-4-5-10-22(18)28/h4-15H,16H2,1-3H3,(H,30,33)(H,31,34). The van der Waals surface area contributed by atoms with Crippen molar-refractivity contribution in [1.82, 2.24) is 9.78 Å². The van der Waals surface area contributed by atoms with Gasteiger partial charge in [0.2, 0.25) is 5.75 Å². The lowest BCUT2D eigenvalue weighted by atomic mass is 10.1. The summed E-state index contributed by atoms with van der Waals surface area (Å²) in [4.78, 5) is 25.2. The molecular formula is C27H25ClN4O6. The number of nitrogens with zero attached hydrogens (tertiary/aromatic N) is 2. The lowest BCUT2D eigenvalue weighted by Gasteiger charge is -2.14. The molecule has 2 N–H and O–H groups in total. The largest absolute Gasteiger partial charge is 0.493 e. The maximum absolute atomic E-state index is 13.0. The molecule has 0 aliphatic carbocycles. The van der Waals surface area contributed by atoms with E-state index in [-0.39, 0.29) is 12.5 Å². The predicted octanol–water partition coefficient (Wildman–Crippen LogP) is 5.55. The first kappa shape index (κ1) is 26.4. The molecule has 0 bridgehead atoms. The zero-order valence-electron chi connectivity index (χ0n) is 20.9. The van der Waals surface area contributed by atoms with Gasteiger partial charge < -0.3 is 24.3 Å². The number of hydrogen-bond donors (Lipinski definition) is 2. The van der Waals surface area contributed by atoms with E-state index in [2.05, 4.69) is 15.7 Å². The highest BCUT2D eigenvalue weighted by atomic mass is 35.5. The minimum atomic E-state index is -0.650. The Bertz CT molecular complexity index is 1430. The average Bonchev–Trinajstić information content (AvgIpc) is 3.40. The van der Waals surface area contributed by atoms with E-state index >= 15 is 0 Å². The van der Waals surface area contributed by atoms with Gasteiger partial charge in [-0.1, -0.05) is 35.9 Å². The first-order valence-electron chi connectivity index (χ1n) is 11.4. The number of anilines is 2. The number of benzene rings is 3. The number of carbonyl (C=O) groups is 2. The summed E-state index contributed by atoms with van der Waals surface area (Å²) in [5, 5.41) is 10.2.